The SMILES string of the molecule is CCN(CC)c1cccc(-c2nc(C(C)C)n(/C=C/[C@H]3C[C@H](O)CC(=O)O3)c2-c2ccc(F)cc2)c1. The number of carbonyl (C=O) groups excluding carboxylic acids is 1. The summed E-state index contributed by atoms with van der Waals surface area (Å²) >= 11 is 0. The van der Waals surface area contributed by atoms with Crippen molar-refractivity contribution in [2.45, 2.75) is 58.7 Å². The van der Waals surface area contributed by atoms with Crippen molar-refractivity contribution in [3.8, 4) is 22.5 Å². The summed E-state index contributed by atoms with van der Waals surface area (Å²) < 4.78 is 21.2. The van der Waals surface area contributed by atoms with Crippen LogP contribution < -0.4 is 4.90 Å². The summed E-state index contributed by atoms with van der Waals surface area (Å²) in [5.74, 6) is 0.202. The maximum atomic E-state index is 13.8. The molecule has 1 aliphatic heterocycles. The van der Waals surface area contributed by atoms with Crippen molar-refractivity contribution in [1.82, 2.24) is 9.55 Å². The van der Waals surface area contributed by atoms with Gasteiger partial charge in [0.25, 0.3) is 0 Å². The maximum Gasteiger partial charge on any atom is 0.309 e. The average Bonchev–Trinajstić information content (AvgIpc) is 3.23. The number of aromatic nitrogens is 2. The number of cyclic esters (lactones) is 1. The van der Waals surface area contributed by atoms with E-state index in [2.05, 4.69) is 44.7 Å². The number of anilines is 1. The van der Waals surface area contributed by atoms with Crippen LogP contribution in [-0.2, 0) is 9.53 Å². The molecule has 0 aliphatic carbocycles. The number of ether oxygens (including phenoxy) is 1. The van der Waals surface area contributed by atoms with Gasteiger partial charge in [-0.15, -0.1) is 0 Å². The lowest BCUT2D eigenvalue weighted by Crippen LogP contribution is -2.31. The van der Waals surface area contributed by atoms with E-state index in [0.29, 0.717) is 6.42 Å². The van der Waals surface area contributed by atoms with Crippen molar-refractivity contribution in [2.24, 2.45) is 0 Å². The molecule has 0 unspecified atom stereocenters. The molecule has 36 heavy (non-hydrogen) atoms. The number of carbonyl (C=O) groups is 1. The normalized spacial score (nSPS) is 18.1. The first kappa shape index (κ1) is 25.6. The fourth-order valence-corrected chi connectivity index (χ4v) is 4.64. The monoisotopic (exact) mass is 491 g/mol. The Morgan fingerprint density at radius 2 is 1.89 bits per heavy atom. The van der Waals surface area contributed by atoms with Gasteiger partial charge in [0.15, 0.2) is 0 Å². The van der Waals surface area contributed by atoms with Crippen LogP contribution >= 0.6 is 0 Å². The van der Waals surface area contributed by atoms with Crippen LogP contribution in [0.4, 0.5) is 10.1 Å². The molecule has 1 saturated heterocycles. The first-order valence-corrected chi connectivity index (χ1v) is 12.6. The quantitative estimate of drug-likeness (QED) is 0.400. The van der Waals surface area contributed by atoms with Gasteiger partial charge in [0, 0.05) is 48.4 Å². The topological polar surface area (TPSA) is 67.6 Å². The second-order valence-electron chi connectivity index (χ2n) is 9.38. The standard InChI is InChI=1S/C29H34FN3O3/c1-5-32(6-2)23-9-7-8-21(16-23)27-28(20-10-12-22(30)13-11-20)33(29(31-27)19(3)4)15-14-25-17-24(34)18-26(35)36-25/h7-16,19,24-25,34H,5-6,17-18H2,1-4H3/b15-14+/t24-,25-/m0/s1. The molecule has 0 spiro atoms. The molecular formula is C29H34FN3O3. The largest absolute Gasteiger partial charge is 0.458 e. The molecular weight excluding hydrogens is 457 g/mol. The summed E-state index contributed by atoms with van der Waals surface area (Å²) in [5.41, 5.74) is 4.53. The molecule has 0 saturated carbocycles. The smallest absolute Gasteiger partial charge is 0.309 e. The Hall–Kier alpha value is -3.45. The predicted molar refractivity (Wildman–Crippen MR) is 141 cm³/mol. The lowest BCUT2D eigenvalue weighted by atomic mass is 10.0. The molecule has 7 heteroatoms. The van der Waals surface area contributed by atoms with Gasteiger partial charge in [-0.25, -0.2) is 9.37 Å². The lowest BCUT2D eigenvalue weighted by molar-refractivity contribution is -0.156. The highest BCUT2D eigenvalue weighted by Gasteiger charge is 2.26. The first-order valence-electron chi connectivity index (χ1n) is 12.6. The molecule has 1 N–H and O–H groups in total. The predicted octanol–water partition coefficient (Wildman–Crippen LogP) is 5.86. The second kappa shape index (κ2) is 11.1. The van der Waals surface area contributed by atoms with Gasteiger partial charge in [0.1, 0.15) is 17.7 Å². The van der Waals surface area contributed by atoms with E-state index in [1.807, 2.05) is 22.9 Å². The highest BCUT2D eigenvalue weighted by Crippen LogP contribution is 2.37. The molecule has 0 bridgehead atoms. The third-order valence-corrected chi connectivity index (χ3v) is 6.46. The average molecular weight is 492 g/mol. The van der Waals surface area contributed by atoms with E-state index in [-0.39, 0.29) is 18.2 Å². The number of rotatable bonds is 8. The van der Waals surface area contributed by atoms with Gasteiger partial charge >= 0.3 is 5.97 Å². The van der Waals surface area contributed by atoms with Gasteiger partial charge in [-0.1, -0.05) is 26.0 Å². The summed E-state index contributed by atoms with van der Waals surface area (Å²) in [6.45, 7) is 10.2. The van der Waals surface area contributed by atoms with Gasteiger partial charge < -0.3 is 19.3 Å². The Balaban J connectivity index is 1.88. The number of hydrogen-bond acceptors (Lipinski definition) is 5. The molecule has 1 aliphatic rings. The van der Waals surface area contributed by atoms with Crippen molar-refractivity contribution >= 4 is 17.9 Å². The molecule has 2 heterocycles. The Morgan fingerprint density at radius 1 is 1.17 bits per heavy atom. The zero-order valence-corrected chi connectivity index (χ0v) is 21.3. The Kier molecular flexibility index (Phi) is 7.89. The van der Waals surface area contributed by atoms with E-state index in [1.54, 1.807) is 18.2 Å². The third kappa shape index (κ3) is 5.51. The molecule has 1 fully saturated rings. The van der Waals surface area contributed by atoms with Crippen LogP contribution in [0, 0.1) is 5.82 Å². The van der Waals surface area contributed by atoms with Crippen molar-refractivity contribution in [3.05, 3.63) is 66.2 Å². The third-order valence-electron chi connectivity index (χ3n) is 6.46. The van der Waals surface area contributed by atoms with Crippen LogP contribution in [0.25, 0.3) is 28.7 Å². The number of aliphatic hydroxyl groups is 1. The summed E-state index contributed by atoms with van der Waals surface area (Å²) in [5, 5.41) is 10.0. The van der Waals surface area contributed by atoms with Gasteiger partial charge in [-0.05, 0) is 56.3 Å². The highest BCUT2D eigenvalue weighted by atomic mass is 19.1. The van der Waals surface area contributed by atoms with Crippen LogP contribution in [0.1, 0.15) is 52.3 Å². The van der Waals surface area contributed by atoms with E-state index in [1.165, 1.54) is 12.1 Å². The van der Waals surface area contributed by atoms with Crippen molar-refractivity contribution in [1.29, 1.82) is 0 Å². The van der Waals surface area contributed by atoms with E-state index >= 15 is 0 Å². The summed E-state index contributed by atoms with van der Waals surface area (Å²) in [6.07, 6.45) is 2.76. The number of esters is 1. The second-order valence-corrected chi connectivity index (χ2v) is 9.38. The van der Waals surface area contributed by atoms with E-state index < -0.39 is 18.2 Å². The minimum Gasteiger partial charge on any atom is -0.458 e. The number of hydrogen-bond donors (Lipinski definition) is 1. The van der Waals surface area contributed by atoms with Crippen LogP contribution in [0.5, 0.6) is 0 Å². The van der Waals surface area contributed by atoms with E-state index in [0.717, 1.165) is 47.1 Å². The summed E-state index contributed by atoms with van der Waals surface area (Å²) in [6, 6.07) is 14.7. The summed E-state index contributed by atoms with van der Waals surface area (Å²) in [4.78, 5) is 19.2. The fourth-order valence-electron chi connectivity index (χ4n) is 4.64. The van der Waals surface area contributed by atoms with Crippen molar-refractivity contribution < 1.29 is 19.0 Å². The van der Waals surface area contributed by atoms with E-state index in [9.17, 15) is 14.3 Å². The minimum atomic E-state index is -0.719. The first-order chi connectivity index (χ1) is 17.3. The molecule has 3 aromatic rings. The maximum absolute atomic E-state index is 13.8. The lowest BCUT2D eigenvalue weighted by Gasteiger charge is -2.23. The molecule has 0 radical (unpaired) electrons. The number of aliphatic hydroxyl groups excluding tert-OH is 1. The van der Waals surface area contributed by atoms with Gasteiger partial charge in [-0.2, -0.15) is 0 Å². The Morgan fingerprint density at radius 3 is 2.53 bits per heavy atom. The molecule has 190 valence electrons. The van der Waals surface area contributed by atoms with Crippen LogP contribution in [0.2, 0.25) is 0 Å². The highest BCUT2D eigenvalue weighted by molar-refractivity contribution is 5.82. The Bertz CT molecular complexity index is 1230. The molecule has 2 aromatic carbocycles. The number of halogens is 1. The Labute approximate surface area is 212 Å². The molecule has 2 atom stereocenters. The van der Waals surface area contributed by atoms with E-state index in [4.69, 9.17) is 9.72 Å². The zero-order chi connectivity index (χ0) is 25.8. The van der Waals surface area contributed by atoms with Crippen molar-refractivity contribution in [3.63, 3.8) is 0 Å². The number of benzene rings is 2. The summed E-state index contributed by atoms with van der Waals surface area (Å²) in [7, 11) is 0. The van der Waals surface area contributed by atoms with Gasteiger partial charge in [-0.3, -0.25) is 4.79 Å². The molecule has 0 amide bonds. The number of imidazole rings is 1. The van der Waals surface area contributed by atoms with Crippen LogP contribution in [-0.4, -0.2) is 45.9 Å². The number of nitrogens with zero attached hydrogens (tertiary/aromatic N) is 3. The molecule has 4 rings (SSSR count). The molecule has 6 nitrogen and oxygen atoms in total. The van der Waals surface area contributed by atoms with Crippen LogP contribution in [0.3, 0.4) is 0 Å². The van der Waals surface area contributed by atoms with Crippen molar-refractivity contribution in [2.75, 3.05) is 18.0 Å². The fraction of sp³-hybridized carbons (Fsp3) is 0.379. The zero-order valence-electron chi connectivity index (χ0n) is 21.3. The minimum absolute atomic E-state index is 0.0144. The van der Waals surface area contributed by atoms with Crippen LogP contribution in [0.15, 0.2) is 54.6 Å². The van der Waals surface area contributed by atoms with Gasteiger partial charge in [0.2, 0.25) is 0 Å². The van der Waals surface area contributed by atoms with Gasteiger partial charge in [0.05, 0.1) is 23.9 Å². The molecule has 1 aromatic heterocycles.